The summed E-state index contributed by atoms with van der Waals surface area (Å²) in [5, 5.41) is 8.56. The Balaban J connectivity index is 2.73. The number of hydrogen-bond donors (Lipinski definition) is 1. The van der Waals surface area contributed by atoms with Crippen LogP contribution in [0.4, 0.5) is 0 Å². The molecule has 0 atom stereocenters. The number of hydrogen-bond acceptors (Lipinski definition) is 2. The number of carbonyl (C=O) groups excluding carboxylic acids is 1. The maximum absolute atomic E-state index is 10.8. The van der Waals surface area contributed by atoms with Crippen molar-refractivity contribution in [2.75, 3.05) is 6.61 Å². The molecule has 0 unspecified atom stereocenters. The SMILES string of the molecule is CC(=O)c1ccn(CCO)c1. The van der Waals surface area contributed by atoms with Crippen molar-refractivity contribution in [2.24, 2.45) is 0 Å². The molecule has 0 aliphatic rings. The number of aromatic nitrogens is 1. The first-order chi connectivity index (χ1) is 5.24. The second-order valence-electron chi connectivity index (χ2n) is 2.42. The smallest absolute Gasteiger partial charge is 0.161 e. The van der Waals surface area contributed by atoms with Crippen LogP contribution in [0.1, 0.15) is 17.3 Å². The van der Waals surface area contributed by atoms with Gasteiger partial charge in [-0.25, -0.2) is 0 Å². The van der Waals surface area contributed by atoms with E-state index >= 15 is 0 Å². The van der Waals surface area contributed by atoms with Crippen LogP contribution in [0.5, 0.6) is 0 Å². The third-order valence-corrected chi connectivity index (χ3v) is 1.52. The molecule has 0 spiro atoms. The van der Waals surface area contributed by atoms with Crippen LogP contribution < -0.4 is 0 Å². The van der Waals surface area contributed by atoms with Crippen LogP contribution in [0, 0.1) is 0 Å². The summed E-state index contributed by atoms with van der Waals surface area (Å²) in [6.07, 6.45) is 3.52. The number of ketones is 1. The molecule has 1 heterocycles. The minimum absolute atomic E-state index is 0.0571. The first-order valence-corrected chi connectivity index (χ1v) is 3.51. The maximum Gasteiger partial charge on any atom is 0.161 e. The molecule has 60 valence electrons. The Morgan fingerprint density at radius 3 is 2.91 bits per heavy atom. The summed E-state index contributed by atoms with van der Waals surface area (Å²) in [5.41, 5.74) is 0.693. The molecule has 0 amide bonds. The average Bonchev–Trinajstić information content (AvgIpc) is 2.37. The largest absolute Gasteiger partial charge is 0.395 e. The standard InChI is InChI=1S/C8H11NO2/c1-7(11)8-2-3-9(6-8)4-5-10/h2-3,6,10H,4-5H2,1H3. The molecule has 0 saturated carbocycles. The second kappa shape index (κ2) is 3.34. The molecule has 0 aliphatic carbocycles. The van der Waals surface area contributed by atoms with Crippen LogP contribution in [0.25, 0.3) is 0 Å². The lowest BCUT2D eigenvalue weighted by Gasteiger charge is -1.95. The van der Waals surface area contributed by atoms with E-state index in [0.29, 0.717) is 12.1 Å². The Bertz CT molecular complexity index is 252. The summed E-state index contributed by atoms with van der Waals surface area (Å²) < 4.78 is 1.79. The zero-order valence-electron chi connectivity index (χ0n) is 6.45. The highest BCUT2D eigenvalue weighted by atomic mass is 16.3. The summed E-state index contributed by atoms with van der Waals surface area (Å²) in [7, 11) is 0. The van der Waals surface area contributed by atoms with E-state index in [1.165, 1.54) is 6.92 Å². The fourth-order valence-corrected chi connectivity index (χ4v) is 0.904. The first-order valence-electron chi connectivity index (χ1n) is 3.51. The monoisotopic (exact) mass is 153 g/mol. The Morgan fingerprint density at radius 1 is 1.73 bits per heavy atom. The van der Waals surface area contributed by atoms with Gasteiger partial charge in [0, 0.05) is 24.5 Å². The van der Waals surface area contributed by atoms with Gasteiger partial charge in [-0.1, -0.05) is 0 Å². The summed E-state index contributed by atoms with van der Waals surface area (Å²) in [5.74, 6) is 0.0571. The van der Waals surface area contributed by atoms with E-state index in [4.69, 9.17) is 5.11 Å². The molecule has 0 bridgehead atoms. The molecule has 1 aromatic rings. The van der Waals surface area contributed by atoms with E-state index in [0.717, 1.165) is 0 Å². The Labute approximate surface area is 65.3 Å². The number of Topliss-reactive ketones (excluding diaryl/α,β-unsaturated/α-hetero) is 1. The molecule has 1 N–H and O–H groups in total. The van der Waals surface area contributed by atoms with Gasteiger partial charge in [-0.15, -0.1) is 0 Å². The van der Waals surface area contributed by atoms with Gasteiger partial charge in [-0.2, -0.15) is 0 Å². The lowest BCUT2D eigenvalue weighted by Crippen LogP contribution is -1.98. The van der Waals surface area contributed by atoms with Crippen LogP contribution in [0.3, 0.4) is 0 Å². The second-order valence-corrected chi connectivity index (χ2v) is 2.42. The quantitative estimate of drug-likeness (QED) is 0.649. The van der Waals surface area contributed by atoms with Crippen LogP contribution in [0.15, 0.2) is 18.5 Å². The van der Waals surface area contributed by atoms with Gasteiger partial charge >= 0.3 is 0 Å². The van der Waals surface area contributed by atoms with E-state index in [-0.39, 0.29) is 12.4 Å². The van der Waals surface area contributed by atoms with Crippen molar-refractivity contribution in [1.29, 1.82) is 0 Å². The average molecular weight is 153 g/mol. The predicted molar refractivity (Wildman–Crippen MR) is 41.5 cm³/mol. The van der Waals surface area contributed by atoms with Crippen molar-refractivity contribution in [3.8, 4) is 0 Å². The highest BCUT2D eigenvalue weighted by molar-refractivity contribution is 5.93. The molecular weight excluding hydrogens is 142 g/mol. The van der Waals surface area contributed by atoms with Gasteiger partial charge in [-0.05, 0) is 13.0 Å². The van der Waals surface area contributed by atoms with E-state index in [9.17, 15) is 4.79 Å². The van der Waals surface area contributed by atoms with Crippen molar-refractivity contribution in [1.82, 2.24) is 4.57 Å². The number of rotatable bonds is 3. The Hall–Kier alpha value is -1.09. The molecule has 3 nitrogen and oxygen atoms in total. The zero-order chi connectivity index (χ0) is 8.27. The molecule has 0 radical (unpaired) electrons. The van der Waals surface area contributed by atoms with Crippen molar-refractivity contribution >= 4 is 5.78 Å². The fourth-order valence-electron chi connectivity index (χ4n) is 0.904. The highest BCUT2D eigenvalue weighted by Crippen LogP contribution is 2.01. The van der Waals surface area contributed by atoms with Crippen molar-refractivity contribution in [2.45, 2.75) is 13.5 Å². The van der Waals surface area contributed by atoms with Gasteiger partial charge in [0.2, 0.25) is 0 Å². The van der Waals surface area contributed by atoms with Gasteiger partial charge in [0.15, 0.2) is 5.78 Å². The number of aliphatic hydroxyl groups excluding tert-OH is 1. The van der Waals surface area contributed by atoms with E-state index in [2.05, 4.69) is 0 Å². The summed E-state index contributed by atoms with van der Waals surface area (Å²) in [6.45, 7) is 2.18. The molecule has 3 heteroatoms. The Kier molecular flexibility index (Phi) is 2.44. The number of carbonyl (C=O) groups is 1. The fraction of sp³-hybridized carbons (Fsp3) is 0.375. The first kappa shape index (κ1) is 8.01. The minimum atomic E-state index is 0.0571. The molecule has 0 aliphatic heterocycles. The van der Waals surface area contributed by atoms with Crippen LogP contribution >= 0.6 is 0 Å². The summed E-state index contributed by atoms with van der Waals surface area (Å²) in [4.78, 5) is 10.8. The highest BCUT2D eigenvalue weighted by Gasteiger charge is 1.99. The van der Waals surface area contributed by atoms with Gasteiger partial charge in [0.1, 0.15) is 0 Å². The molecular formula is C8H11NO2. The van der Waals surface area contributed by atoms with Crippen LogP contribution in [0.2, 0.25) is 0 Å². The predicted octanol–water partition coefficient (Wildman–Crippen LogP) is 0.683. The van der Waals surface area contributed by atoms with E-state index in [1.54, 1.807) is 23.0 Å². The topological polar surface area (TPSA) is 42.2 Å². The normalized spacial score (nSPS) is 10.0. The van der Waals surface area contributed by atoms with Crippen LogP contribution in [-0.4, -0.2) is 22.1 Å². The van der Waals surface area contributed by atoms with Gasteiger partial charge < -0.3 is 9.67 Å². The third-order valence-electron chi connectivity index (χ3n) is 1.52. The molecule has 11 heavy (non-hydrogen) atoms. The zero-order valence-corrected chi connectivity index (χ0v) is 6.45. The van der Waals surface area contributed by atoms with Crippen molar-refractivity contribution < 1.29 is 9.90 Å². The van der Waals surface area contributed by atoms with E-state index in [1.807, 2.05) is 0 Å². The lowest BCUT2D eigenvalue weighted by molar-refractivity contribution is 0.101. The van der Waals surface area contributed by atoms with Gasteiger partial charge in [-0.3, -0.25) is 4.79 Å². The third kappa shape index (κ3) is 1.91. The Morgan fingerprint density at radius 2 is 2.45 bits per heavy atom. The van der Waals surface area contributed by atoms with Crippen LogP contribution in [-0.2, 0) is 6.54 Å². The molecule has 1 rings (SSSR count). The summed E-state index contributed by atoms with van der Waals surface area (Å²) in [6, 6.07) is 1.75. The van der Waals surface area contributed by atoms with Crippen molar-refractivity contribution in [3.63, 3.8) is 0 Å². The molecule has 0 fully saturated rings. The number of aliphatic hydroxyl groups is 1. The van der Waals surface area contributed by atoms with Crippen molar-refractivity contribution in [3.05, 3.63) is 24.0 Å². The number of nitrogens with zero attached hydrogens (tertiary/aromatic N) is 1. The molecule has 1 aromatic heterocycles. The maximum atomic E-state index is 10.8. The lowest BCUT2D eigenvalue weighted by atomic mass is 10.2. The molecule has 0 saturated heterocycles. The molecule has 0 aromatic carbocycles. The van der Waals surface area contributed by atoms with Gasteiger partial charge in [0.05, 0.1) is 6.61 Å². The minimum Gasteiger partial charge on any atom is -0.395 e. The van der Waals surface area contributed by atoms with E-state index < -0.39 is 0 Å². The van der Waals surface area contributed by atoms with Gasteiger partial charge in [0.25, 0.3) is 0 Å². The summed E-state index contributed by atoms with van der Waals surface area (Å²) >= 11 is 0.